The van der Waals surface area contributed by atoms with Crippen LogP contribution in [-0.2, 0) is 25.7 Å². The van der Waals surface area contributed by atoms with E-state index in [1.807, 2.05) is 30.3 Å². The molecule has 0 fully saturated rings. The van der Waals surface area contributed by atoms with Gasteiger partial charge in [-0.05, 0) is 33.4 Å². The first-order chi connectivity index (χ1) is 10.7. The van der Waals surface area contributed by atoms with Gasteiger partial charge >= 0.3 is 11.9 Å². The van der Waals surface area contributed by atoms with Gasteiger partial charge in [-0.1, -0.05) is 30.3 Å². The van der Waals surface area contributed by atoms with Crippen LogP contribution in [0.2, 0.25) is 0 Å². The van der Waals surface area contributed by atoms with E-state index < -0.39 is 29.8 Å². The lowest BCUT2D eigenvalue weighted by Gasteiger charge is -2.22. The zero-order valence-corrected chi connectivity index (χ0v) is 14.0. The molecule has 0 aliphatic rings. The number of esters is 2. The fraction of sp³-hybridized carbons (Fsp3) is 0.529. The van der Waals surface area contributed by atoms with E-state index in [0.717, 1.165) is 5.56 Å². The number of benzene rings is 1. The molecule has 0 aromatic heterocycles. The standard InChI is InChI=1S/C17H24FNO4/c1-12(15(20)22-11-13-8-6-5-7-9-13)23-16(21)14(19-4)10-17(2,3)18/h5-9,12,14,19H,10-11H2,1-4H3/t12?,14-/m1/s1. The third kappa shape index (κ3) is 7.23. The maximum atomic E-state index is 13.7. The number of hydrogen-bond donors (Lipinski definition) is 1. The highest BCUT2D eigenvalue weighted by atomic mass is 19.1. The van der Waals surface area contributed by atoms with Crippen LogP contribution in [0.25, 0.3) is 0 Å². The molecule has 1 N–H and O–H groups in total. The average Bonchev–Trinajstić information content (AvgIpc) is 2.50. The molecule has 2 atom stereocenters. The van der Waals surface area contributed by atoms with E-state index in [1.165, 1.54) is 27.8 Å². The van der Waals surface area contributed by atoms with Gasteiger partial charge in [0.05, 0.1) is 0 Å². The van der Waals surface area contributed by atoms with Gasteiger partial charge in [0.1, 0.15) is 18.3 Å². The minimum absolute atomic E-state index is 0.0475. The molecule has 0 amide bonds. The summed E-state index contributed by atoms with van der Waals surface area (Å²) >= 11 is 0. The zero-order chi connectivity index (χ0) is 17.5. The summed E-state index contributed by atoms with van der Waals surface area (Å²) in [5, 5.41) is 2.69. The van der Waals surface area contributed by atoms with Crippen molar-refractivity contribution < 1.29 is 23.5 Å². The number of alkyl halides is 1. The van der Waals surface area contributed by atoms with Crippen molar-refractivity contribution in [2.75, 3.05) is 7.05 Å². The molecular formula is C17H24FNO4. The number of carbonyl (C=O) groups excluding carboxylic acids is 2. The first-order valence-corrected chi connectivity index (χ1v) is 7.50. The van der Waals surface area contributed by atoms with E-state index in [-0.39, 0.29) is 13.0 Å². The first-order valence-electron chi connectivity index (χ1n) is 7.50. The fourth-order valence-corrected chi connectivity index (χ4v) is 1.94. The molecule has 0 spiro atoms. The Labute approximate surface area is 136 Å². The second kappa shape index (κ2) is 8.62. The molecule has 0 aliphatic heterocycles. The van der Waals surface area contributed by atoms with Gasteiger partial charge in [-0.2, -0.15) is 0 Å². The van der Waals surface area contributed by atoms with Crippen LogP contribution in [0.1, 0.15) is 32.8 Å². The number of likely N-dealkylation sites (N-methyl/N-ethyl adjacent to an activating group) is 1. The Morgan fingerprint density at radius 1 is 1.22 bits per heavy atom. The Hall–Kier alpha value is -1.95. The zero-order valence-electron chi connectivity index (χ0n) is 14.0. The van der Waals surface area contributed by atoms with Crippen LogP contribution < -0.4 is 5.32 Å². The normalized spacial score (nSPS) is 14.0. The van der Waals surface area contributed by atoms with E-state index in [4.69, 9.17) is 9.47 Å². The monoisotopic (exact) mass is 325 g/mol. The van der Waals surface area contributed by atoms with Crippen molar-refractivity contribution in [3.05, 3.63) is 35.9 Å². The smallest absolute Gasteiger partial charge is 0.347 e. The largest absolute Gasteiger partial charge is 0.458 e. The predicted molar refractivity (Wildman–Crippen MR) is 84.4 cm³/mol. The summed E-state index contributed by atoms with van der Waals surface area (Å²) in [7, 11) is 1.54. The van der Waals surface area contributed by atoms with Crippen LogP contribution >= 0.6 is 0 Å². The number of halogens is 1. The van der Waals surface area contributed by atoms with Crippen LogP contribution in [0, 0.1) is 0 Å². The molecule has 0 heterocycles. The van der Waals surface area contributed by atoms with Crippen LogP contribution in [0.4, 0.5) is 4.39 Å². The van der Waals surface area contributed by atoms with E-state index in [9.17, 15) is 14.0 Å². The molecule has 0 saturated carbocycles. The van der Waals surface area contributed by atoms with Crippen LogP contribution in [0.3, 0.4) is 0 Å². The summed E-state index contributed by atoms with van der Waals surface area (Å²) in [6.07, 6.45) is -1.10. The predicted octanol–water partition coefficient (Wildman–Crippen LogP) is 2.39. The summed E-state index contributed by atoms with van der Waals surface area (Å²) < 4.78 is 23.8. The van der Waals surface area contributed by atoms with E-state index in [1.54, 1.807) is 0 Å². The van der Waals surface area contributed by atoms with E-state index in [0.29, 0.717) is 0 Å². The number of nitrogens with one attached hydrogen (secondary N) is 1. The molecule has 0 saturated heterocycles. The van der Waals surface area contributed by atoms with Gasteiger partial charge in [-0.15, -0.1) is 0 Å². The van der Waals surface area contributed by atoms with Crippen LogP contribution in [0.15, 0.2) is 30.3 Å². The molecular weight excluding hydrogens is 301 g/mol. The molecule has 6 heteroatoms. The Morgan fingerprint density at radius 3 is 2.35 bits per heavy atom. The summed E-state index contributed by atoms with van der Waals surface area (Å²) in [5.41, 5.74) is -0.685. The lowest BCUT2D eigenvalue weighted by atomic mass is 10.0. The molecule has 5 nitrogen and oxygen atoms in total. The molecule has 1 rings (SSSR count). The van der Waals surface area contributed by atoms with Crippen LogP contribution in [0.5, 0.6) is 0 Å². The van der Waals surface area contributed by atoms with Gasteiger partial charge in [0.2, 0.25) is 0 Å². The van der Waals surface area contributed by atoms with E-state index in [2.05, 4.69) is 5.32 Å². The number of hydrogen-bond acceptors (Lipinski definition) is 5. The van der Waals surface area contributed by atoms with Gasteiger partial charge < -0.3 is 14.8 Å². The minimum atomic E-state index is -1.52. The molecule has 23 heavy (non-hydrogen) atoms. The molecule has 128 valence electrons. The fourth-order valence-electron chi connectivity index (χ4n) is 1.94. The van der Waals surface area contributed by atoms with Crippen molar-refractivity contribution in [2.24, 2.45) is 0 Å². The van der Waals surface area contributed by atoms with Crippen molar-refractivity contribution in [3.8, 4) is 0 Å². The lowest BCUT2D eigenvalue weighted by molar-refractivity contribution is -0.169. The van der Waals surface area contributed by atoms with Crippen molar-refractivity contribution in [2.45, 2.75) is 51.6 Å². The SMILES string of the molecule is CN[C@H](CC(C)(C)F)C(=O)OC(C)C(=O)OCc1ccccc1. The van der Waals surface area contributed by atoms with Gasteiger partial charge in [-0.3, -0.25) is 4.79 Å². The quantitative estimate of drug-likeness (QED) is 0.744. The summed E-state index contributed by atoms with van der Waals surface area (Å²) in [5.74, 6) is -1.32. The summed E-state index contributed by atoms with van der Waals surface area (Å²) in [4.78, 5) is 23.8. The third-order valence-corrected chi connectivity index (χ3v) is 3.17. The topological polar surface area (TPSA) is 64.6 Å². The molecule has 1 aromatic rings. The van der Waals surface area contributed by atoms with Crippen molar-refractivity contribution in [3.63, 3.8) is 0 Å². The van der Waals surface area contributed by atoms with Crippen molar-refractivity contribution in [1.82, 2.24) is 5.32 Å². The second-order valence-corrected chi connectivity index (χ2v) is 5.94. The summed E-state index contributed by atoms with van der Waals surface area (Å²) in [6, 6.07) is 8.36. The average molecular weight is 325 g/mol. The molecule has 1 unspecified atom stereocenters. The van der Waals surface area contributed by atoms with Crippen molar-refractivity contribution >= 4 is 11.9 Å². The highest BCUT2D eigenvalue weighted by Gasteiger charge is 2.30. The third-order valence-electron chi connectivity index (χ3n) is 3.17. The Bertz CT molecular complexity index is 513. The van der Waals surface area contributed by atoms with E-state index >= 15 is 0 Å². The lowest BCUT2D eigenvalue weighted by Crippen LogP contribution is -2.42. The maximum absolute atomic E-state index is 13.7. The second-order valence-electron chi connectivity index (χ2n) is 5.94. The first kappa shape index (κ1) is 19.1. The van der Waals surface area contributed by atoms with Gasteiger partial charge in [0, 0.05) is 6.42 Å². The number of carbonyl (C=O) groups is 2. The molecule has 0 radical (unpaired) electrons. The van der Waals surface area contributed by atoms with Crippen LogP contribution in [-0.4, -0.2) is 36.8 Å². The molecule has 0 aliphatic carbocycles. The molecule has 1 aromatic carbocycles. The number of rotatable bonds is 8. The molecule has 0 bridgehead atoms. The summed E-state index contributed by atoms with van der Waals surface area (Å²) in [6.45, 7) is 4.29. The number of ether oxygens (including phenoxy) is 2. The Kier molecular flexibility index (Phi) is 7.16. The van der Waals surface area contributed by atoms with Gasteiger partial charge in [0.25, 0.3) is 0 Å². The highest BCUT2D eigenvalue weighted by molar-refractivity contribution is 5.81. The van der Waals surface area contributed by atoms with Gasteiger partial charge in [-0.25, -0.2) is 9.18 Å². The Balaban J connectivity index is 2.48. The highest BCUT2D eigenvalue weighted by Crippen LogP contribution is 2.17. The Morgan fingerprint density at radius 2 is 1.83 bits per heavy atom. The van der Waals surface area contributed by atoms with Gasteiger partial charge in [0.15, 0.2) is 6.10 Å². The maximum Gasteiger partial charge on any atom is 0.347 e. The minimum Gasteiger partial charge on any atom is -0.458 e. The van der Waals surface area contributed by atoms with Crippen molar-refractivity contribution in [1.29, 1.82) is 0 Å².